The molecule has 8 heteroatoms. The van der Waals surface area contributed by atoms with Crippen LogP contribution in [0.5, 0.6) is 11.5 Å². The van der Waals surface area contributed by atoms with Crippen LogP contribution >= 0.6 is 24.0 Å². The van der Waals surface area contributed by atoms with Gasteiger partial charge in [0.05, 0.1) is 16.3 Å². The van der Waals surface area contributed by atoms with Crippen LogP contribution in [0.1, 0.15) is 75.6 Å². The maximum Gasteiger partial charge on any atom is 0.255 e. The highest BCUT2D eigenvalue weighted by molar-refractivity contribution is 6.34. The molecule has 2 fully saturated rings. The maximum atomic E-state index is 13.1. The second-order valence-corrected chi connectivity index (χ2v) is 9.41. The number of likely N-dealkylation sites (tertiary alicyclic amines) is 1. The Balaban J connectivity index is 0.00000272. The van der Waals surface area contributed by atoms with E-state index in [0.29, 0.717) is 40.4 Å². The van der Waals surface area contributed by atoms with E-state index in [1.54, 1.807) is 6.07 Å². The van der Waals surface area contributed by atoms with E-state index in [1.165, 1.54) is 32.1 Å². The van der Waals surface area contributed by atoms with Crippen LogP contribution in [-0.2, 0) is 0 Å². The zero-order chi connectivity index (χ0) is 21.3. The first kappa shape index (κ1) is 24.3. The highest BCUT2D eigenvalue weighted by Gasteiger charge is 2.34. The number of rotatable bonds is 4. The molecule has 0 aromatic heterocycles. The molecule has 2 aliphatic heterocycles. The average molecular weight is 472 g/mol. The maximum absolute atomic E-state index is 13.1. The molecule has 1 aromatic rings. The standard InChI is InChI=1S/C23H34ClN3O3.ClH/c1-3-16-11-15(9-10-27(16)17-7-5-4-6-8-17)26-23(28)18-12-19(24)20(25)22-21(18)29-13-14(2)30-22;/h12,14-17H,3-11,13,25H2,1-2H3,(H,26,28);1H. The van der Waals surface area contributed by atoms with Gasteiger partial charge in [0.2, 0.25) is 0 Å². The van der Waals surface area contributed by atoms with E-state index in [0.717, 1.165) is 31.8 Å². The molecule has 1 saturated heterocycles. The van der Waals surface area contributed by atoms with Crippen molar-refractivity contribution in [3.63, 3.8) is 0 Å². The van der Waals surface area contributed by atoms with Crippen LogP contribution in [0, 0.1) is 0 Å². The fourth-order valence-corrected chi connectivity index (χ4v) is 5.44. The Kier molecular flexibility index (Phi) is 8.22. The molecule has 4 rings (SSSR count). The Morgan fingerprint density at radius 3 is 2.71 bits per heavy atom. The number of hydrogen-bond acceptors (Lipinski definition) is 5. The molecule has 3 N–H and O–H groups in total. The summed E-state index contributed by atoms with van der Waals surface area (Å²) in [6.45, 7) is 5.58. The minimum atomic E-state index is -0.169. The largest absolute Gasteiger partial charge is 0.485 e. The molecule has 2 heterocycles. The summed E-state index contributed by atoms with van der Waals surface area (Å²) in [5.41, 5.74) is 6.79. The van der Waals surface area contributed by atoms with Gasteiger partial charge in [-0.2, -0.15) is 0 Å². The fourth-order valence-electron chi connectivity index (χ4n) is 5.25. The first-order chi connectivity index (χ1) is 14.5. The van der Waals surface area contributed by atoms with E-state index in [2.05, 4.69) is 17.1 Å². The molecular formula is C23H35Cl2N3O3. The number of nitrogens with one attached hydrogen (secondary N) is 1. The molecule has 31 heavy (non-hydrogen) atoms. The molecule has 3 atom stereocenters. The molecule has 0 spiro atoms. The molecule has 3 unspecified atom stereocenters. The van der Waals surface area contributed by atoms with Crippen molar-refractivity contribution in [1.29, 1.82) is 0 Å². The van der Waals surface area contributed by atoms with Crippen LogP contribution in [0.4, 0.5) is 5.69 Å². The second-order valence-electron chi connectivity index (χ2n) is 9.00. The number of hydrogen-bond donors (Lipinski definition) is 2. The van der Waals surface area contributed by atoms with Gasteiger partial charge in [-0.05, 0) is 45.1 Å². The highest BCUT2D eigenvalue weighted by Crippen LogP contribution is 2.44. The van der Waals surface area contributed by atoms with E-state index in [9.17, 15) is 4.79 Å². The highest BCUT2D eigenvalue weighted by atomic mass is 35.5. The predicted molar refractivity (Wildman–Crippen MR) is 127 cm³/mol. The molecule has 1 saturated carbocycles. The van der Waals surface area contributed by atoms with Gasteiger partial charge < -0.3 is 20.5 Å². The molecular weight excluding hydrogens is 437 g/mol. The molecule has 6 nitrogen and oxygen atoms in total. The lowest BCUT2D eigenvalue weighted by Gasteiger charge is -2.45. The minimum absolute atomic E-state index is 0. The number of piperidine rings is 1. The number of benzene rings is 1. The molecule has 0 radical (unpaired) electrons. The van der Waals surface area contributed by atoms with Crippen molar-refractivity contribution in [2.24, 2.45) is 0 Å². The number of ether oxygens (including phenoxy) is 2. The Morgan fingerprint density at radius 2 is 2.00 bits per heavy atom. The molecule has 174 valence electrons. The van der Waals surface area contributed by atoms with Gasteiger partial charge in [0, 0.05) is 24.7 Å². The summed E-state index contributed by atoms with van der Waals surface area (Å²) >= 11 is 6.29. The van der Waals surface area contributed by atoms with E-state index in [4.69, 9.17) is 26.8 Å². The zero-order valence-electron chi connectivity index (χ0n) is 18.5. The van der Waals surface area contributed by atoms with Crippen LogP contribution in [-0.4, -0.2) is 48.2 Å². The van der Waals surface area contributed by atoms with Crippen molar-refractivity contribution >= 4 is 35.6 Å². The number of carbonyl (C=O) groups is 1. The van der Waals surface area contributed by atoms with E-state index in [-0.39, 0.29) is 30.5 Å². The van der Waals surface area contributed by atoms with Gasteiger partial charge in [-0.25, -0.2) is 0 Å². The van der Waals surface area contributed by atoms with Gasteiger partial charge in [0.25, 0.3) is 5.91 Å². The van der Waals surface area contributed by atoms with E-state index < -0.39 is 0 Å². The van der Waals surface area contributed by atoms with Crippen molar-refractivity contribution in [3.05, 3.63) is 16.7 Å². The Morgan fingerprint density at radius 1 is 1.26 bits per heavy atom. The number of nitrogen functional groups attached to an aromatic ring is 1. The minimum Gasteiger partial charge on any atom is -0.485 e. The summed E-state index contributed by atoms with van der Waals surface area (Å²) in [7, 11) is 0. The SMILES string of the molecule is CCC1CC(NC(=O)c2cc(Cl)c(N)c3c2OCC(C)O3)CCN1C1CCCCC1.Cl. The second kappa shape index (κ2) is 10.5. The Hall–Kier alpha value is -1.37. The average Bonchev–Trinajstić information content (AvgIpc) is 2.76. The van der Waals surface area contributed by atoms with Crippen LogP contribution in [0.25, 0.3) is 0 Å². The van der Waals surface area contributed by atoms with Gasteiger partial charge in [-0.3, -0.25) is 9.69 Å². The molecule has 0 bridgehead atoms. The number of halogens is 2. The molecule has 1 aromatic carbocycles. The third-order valence-electron chi connectivity index (χ3n) is 6.86. The number of carbonyl (C=O) groups excluding carboxylic acids is 1. The van der Waals surface area contributed by atoms with Crippen molar-refractivity contribution in [2.75, 3.05) is 18.9 Å². The zero-order valence-corrected chi connectivity index (χ0v) is 20.1. The quantitative estimate of drug-likeness (QED) is 0.616. The van der Waals surface area contributed by atoms with Gasteiger partial charge in [-0.15, -0.1) is 12.4 Å². The summed E-state index contributed by atoms with van der Waals surface area (Å²) in [4.78, 5) is 15.9. The van der Waals surface area contributed by atoms with Gasteiger partial charge in [0.1, 0.15) is 12.7 Å². The number of nitrogens with two attached hydrogens (primary N) is 1. The Labute approximate surface area is 196 Å². The number of nitrogens with zero attached hydrogens (tertiary/aromatic N) is 1. The first-order valence-corrected chi connectivity index (χ1v) is 11.8. The summed E-state index contributed by atoms with van der Waals surface area (Å²) < 4.78 is 11.6. The molecule has 1 amide bonds. The topological polar surface area (TPSA) is 76.8 Å². The number of anilines is 1. The van der Waals surface area contributed by atoms with Crippen LogP contribution in [0.3, 0.4) is 0 Å². The third kappa shape index (κ3) is 5.18. The third-order valence-corrected chi connectivity index (χ3v) is 7.17. The monoisotopic (exact) mass is 471 g/mol. The summed E-state index contributed by atoms with van der Waals surface area (Å²) in [5.74, 6) is 0.612. The first-order valence-electron chi connectivity index (χ1n) is 11.5. The molecule has 1 aliphatic carbocycles. The van der Waals surface area contributed by atoms with Gasteiger partial charge in [-0.1, -0.05) is 37.8 Å². The van der Waals surface area contributed by atoms with Crippen molar-refractivity contribution in [2.45, 2.75) is 89.4 Å². The summed E-state index contributed by atoms with van der Waals surface area (Å²) in [6, 6.07) is 2.99. The smallest absolute Gasteiger partial charge is 0.255 e. The van der Waals surface area contributed by atoms with Crippen LogP contribution in [0.2, 0.25) is 5.02 Å². The normalized spacial score (nSPS) is 26.7. The lowest BCUT2D eigenvalue weighted by Crippen LogP contribution is -2.53. The van der Waals surface area contributed by atoms with Crippen LogP contribution in [0.15, 0.2) is 6.07 Å². The van der Waals surface area contributed by atoms with Crippen molar-refractivity contribution in [3.8, 4) is 11.5 Å². The van der Waals surface area contributed by atoms with Crippen molar-refractivity contribution < 1.29 is 14.3 Å². The van der Waals surface area contributed by atoms with E-state index in [1.807, 2.05) is 6.92 Å². The van der Waals surface area contributed by atoms with Gasteiger partial charge >= 0.3 is 0 Å². The lowest BCUT2D eigenvalue weighted by atomic mass is 9.88. The number of amides is 1. The van der Waals surface area contributed by atoms with Gasteiger partial charge in [0.15, 0.2) is 11.5 Å². The molecule has 3 aliphatic rings. The Bertz CT molecular complexity index is 786. The fraction of sp³-hybridized carbons (Fsp3) is 0.696. The summed E-state index contributed by atoms with van der Waals surface area (Å²) in [5, 5.41) is 3.55. The van der Waals surface area contributed by atoms with Crippen LogP contribution < -0.4 is 20.5 Å². The number of fused-ring (bicyclic) bond motifs is 1. The predicted octanol–water partition coefficient (Wildman–Crippen LogP) is 4.81. The van der Waals surface area contributed by atoms with E-state index >= 15 is 0 Å². The summed E-state index contributed by atoms with van der Waals surface area (Å²) in [6.07, 6.45) is 9.64. The van der Waals surface area contributed by atoms with Crippen molar-refractivity contribution in [1.82, 2.24) is 10.2 Å². The lowest BCUT2D eigenvalue weighted by molar-refractivity contribution is 0.0537.